The maximum absolute atomic E-state index is 12.2. The Balaban J connectivity index is 2.05. The largest absolute Gasteiger partial charge is 0.735 e. The van der Waals surface area contributed by atoms with Crippen LogP contribution < -0.4 is 14.6 Å². The fourth-order valence-electron chi connectivity index (χ4n) is 5.33. The molecule has 0 aromatic heterocycles. The third kappa shape index (κ3) is 14.0. The average molecular weight is 925 g/mol. The van der Waals surface area contributed by atoms with E-state index in [0.29, 0.717) is 7.11 Å². The van der Waals surface area contributed by atoms with Crippen LogP contribution >= 0.6 is 0 Å². The summed E-state index contributed by atoms with van der Waals surface area (Å²) in [5.74, 6) is -2.46. The molecule has 3 aliphatic heterocycles. The van der Waals surface area contributed by atoms with Gasteiger partial charge in [-0.25, -0.2) is 51.5 Å². The molecule has 0 radical (unpaired) electrons. The molecule has 0 amide bonds. The highest BCUT2D eigenvalue weighted by Crippen LogP contribution is 2.34. The van der Waals surface area contributed by atoms with Gasteiger partial charge in [0.25, 0.3) is 0 Å². The predicted octanol–water partition coefficient (Wildman–Crippen LogP) is -11.6. The molecule has 330 valence electrons. The van der Waals surface area contributed by atoms with Crippen LogP contribution in [0, 0.1) is 0 Å². The maximum Gasteiger partial charge on any atom is 0.218 e. The lowest BCUT2D eigenvalue weighted by Gasteiger charge is -2.50. The van der Waals surface area contributed by atoms with Crippen LogP contribution in [0.15, 0.2) is 0 Å². The van der Waals surface area contributed by atoms with Crippen molar-refractivity contribution in [1.82, 2.24) is 9.44 Å². The van der Waals surface area contributed by atoms with E-state index in [9.17, 15) is 95.2 Å². The molecule has 3 rings (SSSR count). The summed E-state index contributed by atoms with van der Waals surface area (Å²) in [7, 11) is -28.0. The van der Waals surface area contributed by atoms with Gasteiger partial charge in [-0.05, 0) is 0 Å². The minimum absolute atomic E-state index is 0.710. The molecule has 56 heavy (non-hydrogen) atoms. The summed E-state index contributed by atoms with van der Waals surface area (Å²) < 4.78 is 216. The molecule has 15 atom stereocenters. The zero-order chi connectivity index (χ0) is 42.9. The van der Waals surface area contributed by atoms with Gasteiger partial charge in [-0.3, -0.25) is 12.5 Å². The van der Waals surface area contributed by atoms with E-state index in [4.69, 9.17) is 28.4 Å². The molecule has 6 unspecified atom stereocenters. The van der Waals surface area contributed by atoms with E-state index in [0.717, 1.165) is 0 Å². The topological polar surface area (TPSA) is 514 Å². The van der Waals surface area contributed by atoms with Crippen LogP contribution in [0.1, 0.15) is 0 Å². The summed E-state index contributed by atoms with van der Waals surface area (Å²) in [5.41, 5.74) is 0. The average Bonchev–Trinajstić information content (AvgIpc) is 3.01. The highest BCUT2D eigenvalue weighted by molar-refractivity contribution is 7.84. The summed E-state index contributed by atoms with van der Waals surface area (Å²) in [6.07, 6.45) is -33.6. The number of aliphatic carboxylic acids is 1. The van der Waals surface area contributed by atoms with E-state index in [1.807, 2.05) is 0 Å². The van der Waals surface area contributed by atoms with Crippen LogP contribution in [0.3, 0.4) is 0 Å². The van der Waals surface area contributed by atoms with Crippen molar-refractivity contribution in [2.75, 3.05) is 20.3 Å². The van der Waals surface area contributed by atoms with Crippen molar-refractivity contribution >= 4 is 57.8 Å². The minimum atomic E-state index is -6.06. The Hall–Kier alpha value is -1.58. The van der Waals surface area contributed by atoms with Gasteiger partial charge >= 0.3 is 0 Å². The first-order chi connectivity index (χ1) is 25.3. The lowest BCUT2D eigenvalue weighted by atomic mass is 9.95. The van der Waals surface area contributed by atoms with Gasteiger partial charge in [0.15, 0.2) is 39.5 Å². The van der Waals surface area contributed by atoms with Crippen LogP contribution in [0.25, 0.3) is 0 Å². The van der Waals surface area contributed by atoms with Crippen molar-refractivity contribution < 1.29 is 136 Å². The molecular weight excluding hydrogens is 897 g/mol. The number of carbonyl (C=O) groups is 1. The van der Waals surface area contributed by atoms with E-state index in [-0.39, 0.29) is 0 Å². The number of hydrogen-bond acceptors (Lipinski definition) is 30. The number of nitrogens with one attached hydrogen (secondary N) is 2. The van der Waals surface area contributed by atoms with Crippen LogP contribution in [-0.4, -0.2) is 204 Å². The molecule has 37 heteroatoms. The van der Waals surface area contributed by atoms with Crippen LogP contribution in [0.5, 0.6) is 0 Å². The highest BCUT2D eigenvalue weighted by Gasteiger charge is 2.56. The lowest BCUT2D eigenvalue weighted by molar-refractivity contribution is -0.380. The first-order valence-corrected chi connectivity index (χ1v) is 21.2. The van der Waals surface area contributed by atoms with Gasteiger partial charge in [-0.15, -0.1) is 0 Å². The second kappa shape index (κ2) is 18.4. The highest BCUT2D eigenvalue weighted by atomic mass is 32.3. The standard InChI is InChI=1S/C19H34N2O30S5/c1-43-17-7(21-53(31,32)33)13(51-56(40,41)42)12(5(47-17)3-45-55(37,38)39)48-19-11(25)10(24)14(15(50-19)16(26)27)49-18-6(20-52(28,29)30)9(23)8(22)4(46-18)2-44-54(34,35)36/h4-15,17-25H,2-3H2,1H3,(H,26,27)(H,28,29,30)(H,31,32,33)(H,34,35,36)(H,37,38,39)(H,40,41,42)/p-6/t4?,5?,6?,7?,8-,9+,10+,11?,12-,13-,14+,15?,17-,18+,19-/m1/s1. The molecule has 0 aromatic carbocycles. The van der Waals surface area contributed by atoms with Gasteiger partial charge in [0, 0.05) is 7.11 Å². The smallest absolute Gasteiger partial charge is 0.218 e. The van der Waals surface area contributed by atoms with Gasteiger partial charge in [0.05, 0.1) is 19.2 Å². The number of ether oxygens (including phenoxy) is 6. The monoisotopic (exact) mass is 924 g/mol. The molecule has 6 N–H and O–H groups in total. The first-order valence-electron chi connectivity index (χ1n) is 14.3. The normalized spacial score (nSPS) is 37.9. The van der Waals surface area contributed by atoms with Crippen molar-refractivity contribution in [1.29, 1.82) is 0 Å². The molecule has 0 aromatic rings. The van der Waals surface area contributed by atoms with E-state index in [1.165, 1.54) is 9.44 Å². The van der Waals surface area contributed by atoms with Crippen molar-refractivity contribution in [3.63, 3.8) is 0 Å². The minimum Gasteiger partial charge on any atom is -0.735 e. The number of carboxylic acid groups (broad SMARTS) is 1. The summed E-state index contributed by atoms with van der Waals surface area (Å²) in [6, 6.07) is -4.98. The van der Waals surface area contributed by atoms with Gasteiger partial charge < -0.3 is 81.5 Å². The Morgan fingerprint density at radius 2 is 1.07 bits per heavy atom. The quantitative estimate of drug-likeness (QED) is 0.0549. The fraction of sp³-hybridized carbons (Fsp3) is 0.947. The van der Waals surface area contributed by atoms with Gasteiger partial charge in [-0.2, -0.15) is 0 Å². The summed E-state index contributed by atoms with van der Waals surface area (Å²) >= 11 is 0. The number of hydrogen-bond donors (Lipinski definition) is 6. The molecule has 3 saturated heterocycles. The molecule has 0 saturated carbocycles. The third-order valence-corrected chi connectivity index (χ3v) is 9.91. The third-order valence-electron chi connectivity index (χ3n) is 7.48. The molecule has 0 aliphatic carbocycles. The fourth-order valence-corrected chi connectivity index (χ4v) is 7.59. The Morgan fingerprint density at radius 3 is 1.54 bits per heavy atom. The molecule has 3 aliphatic rings. The molecule has 32 nitrogen and oxygen atoms in total. The number of carbonyl (C=O) groups excluding carboxylic acids is 1. The SMILES string of the molecule is CO[C@@H]1OC(COS(=O)(=O)[O-])[C@@H](O[C@@H]2OC(C(=O)[O-])[C@@H](O[C@@H]3OC(COS(=O)(=O)[O-])[C@@H](O)[C@@H](O)C3NS(=O)(=O)[O-])[C@@H](O)C2O)[C@H](OS(=O)(=O)[O-])C1NS(=O)(=O)[O-]. The maximum atomic E-state index is 12.2. The Kier molecular flexibility index (Phi) is 16.0. The zero-order valence-corrected chi connectivity index (χ0v) is 31.1. The number of aliphatic hydroxyl groups is 4. The zero-order valence-electron chi connectivity index (χ0n) is 27.0. The molecule has 3 heterocycles. The van der Waals surface area contributed by atoms with Gasteiger partial charge in [-0.1, -0.05) is 0 Å². The van der Waals surface area contributed by atoms with Crippen molar-refractivity contribution in [3.05, 3.63) is 0 Å². The first kappa shape index (κ1) is 48.8. The number of carboxylic acids is 1. The molecule has 0 spiro atoms. The molecule has 3 fully saturated rings. The second-order valence-electron chi connectivity index (χ2n) is 11.3. The van der Waals surface area contributed by atoms with Gasteiger partial charge in [0.2, 0.25) is 31.2 Å². The van der Waals surface area contributed by atoms with Crippen molar-refractivity contribution in [2.45, 2.75) is 92.0 Å². The van der Waals surface area contributed by atoms with Crippen LogP contribution in [0.2, 0.25) is 0 Å². The second-order valence-corrected chi connectivity index (χ2v) is 16.7. The number of aliphatic hydroxyl groups excluding tert-OH is 4. The van der Waals surface area contributed by atoms with E-state index in [1.54, 1.807) is 0 Å². The van der Waals surface area contributed by atoms with Crippen molar-refractivity contribution in [2.24, 2.45) is 0 Å². The summed E-state index contributed by atoms with van der Waals surface area (Å²) in [4.78, 5) is 12.2. The van der Waals surface area contributed by atoms with E-state index >= 15 is 0 Å². The predicted molar refractivity (Wildman–Crippen MR) is 151 cm³/mol. The Labute approximate surface area is 315 Å². The Bertz CT molecular complexity index is 1930. The molecular formula is C19H28N2O30S5-6. The van der Waals surface area contributed by atoms with Gasteiger partial charge in [0.1, 0.15) is 73.1 Å². The number of rotatable bonds is 18. The Morgan fingerprint density at radius 1 is 0.589 bits per heavy atom. The molecule has 0 bridgehead atoms. The van der Waals surface area contributed by atoms with Crippen molar-refractivity contribution in [3.8, 4) is 0 Å². The number of methoxy groups -OCH3 is 1. The van der Waals surface area contributed by atoms with Crippen LogP contribution in [-0.2, 0) is 97.6 Å². The lowest BCUT2D eigenvalue weighted by Crippen LogP contribution is -2.70. The van der Waals surface area contributed by atoms with Crippen LogP contribution in [0.4, 0.5) is 0 Å². The summed E-state index contributed by atoms with van der Waals surface area (Å²) in [6.45, 7) is -3.03. The van der Waals surface area contributed by atoms with E-state index in [2.05, 4.69) is 12.5 Å². The summed E-state index contributed by atoms with van der Waals surface area (Å²) in [5, 5.41) is 54.9. The van der Waals surface area contributed by atoms with E-state index < -0.39 is 163 Å².